The average Bonchev–Trinajstić information content (AvgIpc) is 2.19. The van der Waals surface area contributed by atoms with Gasteiger partial charge in [0.05, 0.1) is 6.61 Å². The molecule has 0 heterocycles. The van der Waals surface area contributed by atoms with Gasteiger partial charge in [-0.3, -0.25) is 0 Å². The smallest absolute Gasteiger partial charge is 0.165 e. The lowest BCUT2D eigenvalue weighted by molar-refractivity contribution is 0.305. The molecule has 0 unspecified atom stereocenters. The molecule has 0 aliphatic rings. The van der Waals surface area contributed by atoms with E-state index >= 15 is 0 Å². The number of ether oxygens (including phenoxy) is 1. The van der Waals surface area contributed by atoms with Gasteiger partial charge in [-0.15, -0.1) is 6.58 Å². The number of hydrogen-bond acceptors (Lipinski definition) is 2. The molecule has 0 amide bonds. The van der Waals surface area contributed by atoms with Gasteiger partial charge in [-0.1, -0.05) is 11.6 Å². The third kappa shape index (κ3) is 3.66. The van der Waals surface area contributed by atoms with Gasteiger partial charge >= 0.3 is 0 Å². The number of benzene rings is 1. The third-order valence-electron chi connectivity index (χ3n) is 2.27. The van der Waals surface area contributed by atoms with Crippen molar-refractivity contribution in [3.05, 3.63) is 41.7 Å². The fourth-order valence-corrected chi connectivity index (χ4v) is 1.25. The topological polar surface area (TPSA) is 35.2 Å². The van der Waals surface area contributed by atoms with E-state index in [2.05, 4.69) is 6.58 Å². The van der Waals surface area contributed by atoms with Crippen LogP contribution in [-0.4, -0.2) is 6.61 Å². The van der Waals surface area contributed by atoms with Crippen molar-refractivity contribution in [2.24, 2.45) is 5.73 Å². The molecule has 16 heavy (non-hydrogen) atoms. The van der Waals surface area contributed by atoms with Crippen molar-refractivity contribution in [2.75, 3.05) is 6.61 Å². The molecule has 0 fully saturated rings. The minimum Gasteiger partial charge on any atom is -0.490 e. The van der Waals surface area contributed by atoms with Crippen molar-refractivity contribution in [3.8, 4) is 5.75 Å². The zero-order valence-electron chi connectivity index (χ0n) is 9.79. The van der Waals surface area contributed by atoms with Gasteiger partial charge in [0, 0.05) is 12.5 Å². The average molecular weight is 223 g/mol. The van der Waals surface area contributed by atoms with E-state index in [1.807, 2.05) is 13.8 Å². The molecule has 88 valence electrons. The minimum atomic E-state index is -0.364. The van der Waals surface area contributed by atoms with Gasteiger partial charge in [0.1, 0.15) is 0 Å². The Morgan fingerprint density at radius 1 is 1.56 bits per heavy atom. The lowest BCUT2D eigenvalue weighted by atomic mass is 10.1. The fourth-order valence-electron chi connectivity index (χ4n) is 1.25. The standard InChI is InChI=1S/C13H18FNO/c1-9(2)6-7-16-13-5-4-11(10(3)15)8-12(13)14/h4-5,8,10H,1,6-7,15H2,2-3H3/t10-/m1/s1. The first-order chi connectivity index (χ1) is 7.50. The molecular weight excluding hydrogens is 205 g/mol. The van der Waals surface area contributed by atoms with E-state index in [1.54, 1.807) is 12.1 Å². The number of rotatable bonds is 5. The van der Waals surface area contributed by atoms with Crippen LogP contribution in [0.25, 0.3) is 0 Å². The van der Waals surface area contributed by atoms with Crippen molar-refractivity contribution < 1.29 is 9.13 Å². The summed E-state index contributed by atoms with van der Waals surface area (Å²) < 4.78 is 18.8. The molecule has 3 heteroatoms. The summed E-state index contributed by atoms with van der Waals surface area (Å²) in [5.41, 5.74) is 7.44. The van der Waals surface area contributed by atoms with Crippen LogP contribution in [-0.2, 0) is 0 Å². The summed E-state index contributed by atoms with van der Waals surface area (Å²) in [6.45, 7) is 7.94. The summed E-state index contributed by atoms with van der Waals surface area (Å²) in [5, 5.41) is 0. The first-order valence-corrected chi connectivity index (χ1v) is 5.33. The van der Waals surface area contributed by atoms with Crippen LogP contribution in [0, 0.1) is 5.82 Å². The highest BCUT2D eigenvalue weighted by Gasteiger charge is 2.06. The molecule has 0 aromatic heterocycles. The van der Waals surface area contributed by atoms with Crippen molar-refractivity contribution in [3.63, 3.8) is 0 Å². The predicted octanol–water partition coefficient (Wildman–Crippen LogP) is 3.19. The second-order valence-corrected chi connectivity index (χ2v) is 4.03. The Hall–Kier alpha value is -1.35. The van der Waals surface area contributed by atoms with Crippen molar-refractivity contribution in [1.82, 2.24) is 0 Å². The highest BCUT2D eigenvalue weighted by Crippen LogP contribution is 2.21. The molecule has 0 bridgehead atoms. The SMILES string of the molecule is C=C(C)CCOc1ccc([C@@H](C)N)cc1F. The quantitative estimate of drug-likeness (QED) is 0.778. The van der Waals surface area contributed by atoms with Crippen LogP contribution in [0.2, 0.25) is 0 Å². The van der Waals surface area contributed by atoms with E-state index in [4.69, 9.17) is 10.5 Å². The molecular formula is C13H18FNO. The van der Waals surface area contributed by atoms with Gasteiger partial charge in [0.15, 0.2) is 11.6 Å². The summed E-state index contributed by atoms with van der Waals surface area (Å²) in [4.78, 5) is 0. The molecule has 2 N–H and O–H groups in total. The third-order valence-corrected chi connectivity index (χ3v) is 2.27. The molecule has 0 saturated heterocycles. The fraction of sp³-hybridized carbons (Fsp3) is 0.385. The Labute approximate surface area is 95.9 Å². The lowest BCUT2D eigenvalue weighted by Gasteiger charge is -2.10. The van der Waals surface area contributed by atoms with E-state index in [9.17, 15) is 4.39 Å². The Morgan fingerprint density at radius 3 is 2.75 bits per heavy atom. The van der Waals surface area contributed by atoms with Crippen LogP contribution < -0.4 is 10.5 Å². The maximum atomic E-state index is 13.5. The van der Waals surface area contributed by atoms with Gasteiger partial charge < -0.3 is 10.5 Å². The Morgan fingerprint density at radius 2 is 2.25 bits per heavy atom. The highest BCUT2D eigenvalue weighted by molar-refractivity contribution is 5.30. The van der Waals surface area contributed by atoms with E-state index in [-0.39, 0.29) is 17.6 Å². The number of hydrogen-bond donors (Lipinski definition) is 1. The Bertz CT molecular complexity index is 374. The molecule has 2 nitrogen and oxygen atoms in total. The summed E-state index contributed by atoms with van der Waals surface area (Å²) in [6.07, 6.45) is 0.731. The Kier molecular flexibility index (Phi) is 4.50. The Balaban J connectivity index is 2.64. The molecule has 1 aromatic rings. The lowest BCUT2D eigenvalue weighted by Crippen LogP contribution is -2.06. The van der Waals surface area contributed by atoms with Gasteiger partial charge in [-0.25, -0.2) is 4.39 Å². The molecule has 0 spiro atoms. The molecule has 0 aliphatic heterocycles. The van der Waals surface area contributed by atoms with Crippen LogP contribution >= 0.6 is 0 Å². The predicted molar refractivity (Wildman–Crippen MR) is 63.9 cm³/mol. The maximum Gasteiger partial charge on any atom is 0.165 e. The minimum absolute atomic E-state index is 0.168. The maximum absolute atomic E-state index is 13.5. The number of halogens is 1. The largest absolute Gasteiger partial charge is 0.490 e. The second-order valence-electron chi connectivity index (χ2n) is 4.03. The van der Waals surface area contributed by atoms with Crippen LogP contribution in [0.1, 0.15) is 31.9 Å². The summed E-state index contributed by atoms with van der Waals surface area (Å²) in [6, 6.07) is 4.65. The molecule has 0 aliphatic carbocycles. The van der Waals surface area contributed by atoms with Crippen molar-refractivity contribution >= 4 is 0 Å². The molecule has 0 radical (unpaired) electrons. The van der Waals surface area contributed by atoms with Gasteiger partial charge in [-0.05, 0) is 31.5 Å². The summed E-state index contributed by atoms with van der Waals surface area (Å²) >= 11 is 0. The van der Waals surface area contributed by atoms with E-state index < -0.39 is 0 Å². The van der Waals surface area contributed by atoms with Gasteiger partial charge in [0.2, 0.25) is 0 Å². The molecule has 1 rings (SSSR count). The normalized spacial score (nSPS) is 12.2. The van der Waals surface area contributed by atoms with E-state index in [0.717, 1.165) is 17.6 Å². The van der Waals surface area contributed by atoms with E-state index in [1.165, 1.54) is 6.07 Å². The molecule has 0 saturated carbocycles. The van der Waals surface area contributed by atoms with Crippen LogP contribution in [0.3, 0.4) is 0 Å². The summed E-state index contributed by atoms with van der Waals surface area (Å²) in [5.74, 6) is -0.0952. The molecule has 1 aromatic carbocycles. The van der Waals surface area contributed by atoms with E-state index in [0.29, 0.717) is 6.61 Å². The first-order valence-electron chi connectivity index (χ1n) is 5.33. The van der Waals surface area contributed by atoms with Gasteiger partial charge in [-0.2, -0.15) is 0 Å². The van der Waals surface area contributed by atoms with Crippen LogP contribution in [0.5, 0.6) is 5.75 Å². The van der Waals surface area contributed by atoms with Crippen LogP contribution in [0.15, 0.2) is 30.4 Å². The van der Waals surface area contributed by atoms with Crippen LogP contribution in [0.4, 0.5) is 4.39 Å². The summed E-state index contributed by atoms with van der Waals surface area (Å²) in [7, 11) is 0. The van der Waals surface area contributed by atoms with Crippen molar-refractivity contribution in [1.29, 1.82) is 0 Å². The zero-order chi connectivity index (χ0) is 12.1. The molecule has 1 atom stereocenters. The first kappa shape index (κ1) is 12.7. The number of nitrogens with two attached hydrogens (primary N) is 1. The monoisotopic (exact) mass is 223 g/mol. The second kappa shape index (κ2) is 5.66. The highest BCUT2D eigenvalue weighted by atomic mass is 19.1. The zero-order valence-corrected chi connectivity index (χ0v) is 9.79. The van der Waals surface area contributed by atoms with Crippen molar-refractivity contribution in [2.45, 2.75) is 26.3 Å². The van der Waals surface area contributed by atoms with Gasteiger partial charge in [0.25, 0.3) is 0 Å².